The van der Waals surface area contributed by atoms with E-state index >= 15 is 0 Å². The summed E-state index contributed by atoms with van der Waals surface area (Å²) in [5.74, 6) is 2.07. The van der Waals surface area contributed by atoms with E-state index in [1.165, 1.54) is 0 Å². The van der Waals surface area contributed by atoms with Crippen molar-refractivity contribution in [3.05, 3.63) is 46.5 Å². The lowest BCUT2D eigenvalue weighted by atomic mass is 10.1. The van der Waals surface area contributed by atoms with Crippen LogP contribution in [-0.4, -0.2) is 14.8 Å². The summed E-state index contributed by atoms with van der Waals surface area (Å²) in [7, 11) is 0. The third-order valence-corrected chi connectivity index (χ3v) is 3.39. The third kappa shape index (κ3) is 2.68. The van der Waals surface area contributed by atoms with Gasteiger partial charge in [0.2, 0.25) is 0 Å². The van der Waals surface area contributed by atoms with Crippen molar-refractivity contribution in [2.24, 2.45) is 0 Å². The van der Waals surface area contributed by atoms with Crippen LogP contribution < -0.4 is 0 Å². The number of alkyl halides is 1. The summed E-state index contributed by atoms with van der Waals surface area (Å²) < 4.78 is 2.07. The highest BCUT2D eigenvalue weighted by molar-refractivity contribution is 6.31. The zero-order valence-corrected chi connectivity index (χ0v) is 11.9. The van der Waals surface area contributed by atoms with E-state index in [-0.39, 0.29) is 6.04 Å². The van der Waals surface area contributed by atoms with Gasteiger partial charge in [0.25, 0.3) is 0 Å². The molecule has 18 heavy (non-hydrogen) atoms. The van der Waals surface area contributed by atoms with Crippen LogP contribution in [0.25, 0.3) is 0 Å². The van der Waals surface area contributed by atoms with Gasteiger partial charge in [0.1, 0.15) is 11.6 Å². The Morgan fingerprint density at radius 2 is 1.83 bits per heavy atom. The molecule has 96 valence electrons. The first kappa shape index (κ1) is 13.4. The number of halogens is 2. The maximum absolute atomic E-state index is 6.16. The Kier molecular flexibility index (Phi) is 4.25. The molecular formula is C13H15Cl2N3. The molecule has 3 nitrogen and oxygen atoms in total. The average Bonchev–Trinajstić information content (AvgIpc) is 2.75. The summed E-state index contributed by atoms with van der Waals surface area (Å²) in [6.07, 6.45) is 0.668. The minimum Gasteiger partial charge on any atom is -0.311 e. The quantitative estimate of drug-likeness (QED) is 0.798. The molecule has 0 aliphatic heterocycles. The van der Waals surface area contributed by atoms with Gasteiger partial charge in [-0.2, -0.15) is 0 Å². The Morgan fingerprint density at radius 1 is 1.17 bits per heavy atom. The molecule has 1 heterocycles. The number of hydrogen-bond donors (Lipinski definition) is 0. The largest absolute Gasteiger partial charge is 0.311 e. The summed E-state index contributed by atoms with van der Waals surface area (Å²) in [4.78, 5) is 0. The second kappa shape index (κ2) is 5.72. The van der Waals surface area contributed by atoms with Gasteiger partial charge in [0.05, 0.1) is 5.88 Å². The molecule has 0 aliphatic carbocycles. The van der Waals surface area contributed by atoms with E-state index in [2.05, 4.69) is 28.6 Å². The highest BCUT2D eigenvalue weighted by atomic mass is 35.5. The highest BCUT2D eigenvalue weighted by Gasteiger charge is 2.15. The summed E-state index contributed by atoms with van der Waals surface area (Å²) in [5.41, 5.74) is 1.05. The third-order valence-electron chi connectivity index (χ3n) is 2.78. The molecule has 0 aliphatic rings. The standard InChI is InChI=1S/C13H15Cl2N3/c1-9(2)18-12(16-17-13(18)8-14)7-10-5-3-4-6-11(10)15/h3-6,9H,7-8H2,1-2H3. The van der Waals surface area contributed by atoms with Crippen molar-refractivity contribution in [1.82, 2.24) is 14.8 Å². The second-order valence-electron chi connectivity index (χ2n) is 4.40. The fourth-order valence-electron chi connectivity index (χ4n) is 1.98. The Bertz CT molecular complexity index is 535. The van der Waals surface area contributed by atoms with Crippen molar-refractivity contribution in [3.63, 3.8) is 0 Å². The Morgan fingerprint density at radius 3 is 2.44 bits per heavy atom. The summed E-state index contributed by atoms with van der Waals surface area (Å²) in [6, 6.07) is 8.06. The fraction of sp³-hybridized carbons (Fsp3) is 0.385. The minimum absolute atomic E-state index is 0.284. The molecule has 2 aromatic rings. The first-order chi connectivity index (χ1) is 8.63. The predicted octanol–water partition coefficient (Wildman–Crippen LogP) is 3.84. The summed E-state index contributed by atoms with van der Waals surface area (Å²) >= 11 is 12.0. The van der Waals surface area contributed by atoms with E-state index in [1.54, 1.807) is 0 Å². The van der Waals surface area contributed by atoms with E-state index in [4.69, 9.17) is 23.2 Å². The normalized spacial score (nSPS) is 11.2. The van der Waals surface area contributed by atoms with Crippen LogP contribution >= 0.6 is 23.2 Å². The molecule has 0 saturated heterocycles. The Balaban J connectivity index is 2.35. The van der Waals surface area contributed by atoms with Gasteiger partial charge in [0, 0.05) is 17.5 Å². The molecule has 0 N–H and O–H groups in total. The SMILES string of the molecule is CC(C)n1c(CCl)nnc1Cc1ccccc1Cl. The van der Waals surface area contributed by atoms with Gasteiger partial charge in [-0.1, -0.05) is 29.8 Å². The van der Waals surface area contributed by atoms with Crippen LogP contribution in [0.3, 0.4) is 0 Å². The van der Waals surface area contributed by atoms with Crippen LogP contribution in [0.5, 0.6) is 0 Å². The Hall–Kier alpha value is -1.06. The lowest BCUT2D eigenvalue weighted by molar-refractivity contribution is 0.557. The molecule has 2 rings (SSSR count). The van der Waals surface area contributed by atoms with Crippen molar-refractivity contribution in [3.8, 4) is 0 Å². The zero-order chi connectivity index (χ0) is 13.1. The van der Waals surface area contributed by atoms with Gasteiger partial charge in [-0.15, -0.1) is 21.8 Å². The molecule has 1 aromatic carbocycles. The van der Waals surface area contributed by atoms with Crippen molar-refractivity contribution < 1.29 is 0 Å². The monoisotopic (exact) mass is 283 g/mol. The Labute approximate surface area is 117 Å². The average molecular weight is 284 g/mol. The minimum atomic E-state index is 0.284. The number of rotatable bonds is 4. The first-order valence-electron chi connectivity index (χ1n) is 5.85. The van der Waals surface area contributed by atoms with E-state index in [1.807, 2.05) is 24.3 Å². The molecule has 0 saturated carbocycles. The lowest BCUT2D eigenvalue weighted by Gasteiger charge is -2.13. The maximum atomic E-state index is 6.16. The zero-order valence-electron chi connectivity index (χ0n) is 10.4. The molecule has 0 amide bonds. The number of benzene rings is 1. The van der Waals surface area contributed by atoms with Crippen LogP contribution in [0.2, 0.25) is 5.02 Å². The second-order valence-corrected chi connectivity index (χ2v) is 5.07. The summed E-state index contributed by atoms with van der Waals surface area (Å²) in [6.45, 7) is 4.19. The molecule has 0 radical (unpaired) electrons. The van der Waals surface area contributed by atoms with Crippen LogP contribution in [0, 0.1) is 0 Å². The van der Waals surface area contributed by atoms with Crippen molar-refractivity contribution in [2.45, 2.75) is 32.2 Å². The van der Waals surface area contributed by atoms with Gasteiger partial charge in [-0.05, 0) is 25.5 Å². The molecule has 0 spiro atoms. The molecule has 0 atom stereocenters. The molecule has 0 fully saturated rings. The first-order valence-corrected chi connectivity index (χ1v) is 6.76. The van der Waals surface area contributed by atoms with Gasteiger partial charge < -0.3 is 4.57 Å². The highest BCUT2D eigenvalue weighted by Crippen LogP contribution is 2.21. The molecule has 5 heteroatoms. The molecule has 0 unspecified atom stereocenters. The maximum Gasteiger partial charge on any atom is 0.148 e. The molecule has 1 aromatic heterocycles. The lowest BCUT2D eigenvalue weighted by Crippen LogP contribution is -2.10. The van der Waals surface area contributed by atoms with Gasteiger partial charge in [0.15, 0.2) is 0 Å². The van der Waals surface area contributed by atoms with Gasteiger partial charge >= 0.3 is 0 Å². The topological polar surface area (TPSA) is 30.7 Å². The van der Waals surface area contributed by atoms with Crippen LogP contribution in [0.1, 0.15) is 37.1 Å². The van der Waals surface area contributed by atoms with E-state index < -0.39 is 0 Å². The van der Waals surface area contributed by atoms with Crippen molar-refractivity contribution >= 4 is 23.2 Å². The van der Waals surface area contributed by atoms with Crippen LogP contribution in [-0.2, 0) is 12.3 Å². The molecule has 0 bridgehead atoms. The van der Waals surface area contributed by atoms with Crippen molar-refractivity contribution in [2.75, 3.05) is 0 Å². The van der Waals surface area contributed by atoms with Gasteiger partial charge in [-0.3, -0.25) is 0 Å². The van der Waals surface area contributed by atoms with E-state index in [0.29, 0.717) is 12.3 Å². The van der Waals surface area contributed by atoms with Gasteiger partial charge in [-0.25, -0.2) is 0 Å². The number of hydrogen-bond acceptors (Lipinski definition) is 2. The smallest absolute Gasteiger partial charge is 0.148 e. The summed E-state index contributed by atoms with van der Waals surface area (Å²) in [5, 5.41) is 9.09. The molecular weight excluding hydrogens is 269 g/mol. The van der Waals surface area contributed by atoms with Crippen LogP contribution in [0.15, 0.2) is 24.3 Å². The van der Waals surface area contributed by atoms with E-state index in [0.717, 1.165) is 22.2 Å². The number of aromatic nitrogens is 3. The van der Waals surface area contributed by atoms with Crippen molar-refractivity contribution in [1.29, 1.82) is 0 Å². The number of nitrogens with zero attached hydrogens (tertiary/aromatic N) is 3. The predicted molar refractivity (Wildman–Crippen MR) is 74.2 cm³/mol. The fourth-order valence-corrected chi connectivity index (χ4v) is 2.37. The van der Waals surface area contributed by atoms with E-state index in [9.17, 15) is 0 Å². The van der Waals surface area contributed by atoms with Crippen LogP contribution in [0.4, 0.5) is 0 Å².